The van der Waals surface area contributed by atoms with Crippen LogP contribution >= 0.6 is 22.6 Å². The lowest BCUT2D eigenvalue weighted by Gasteiger charge is -2.01. The van der Waals surface area contributed by atoms with Crippen molar-refractivity contribution in [3.63, 3.8) is 0 Å². The number of nitrogens with zero attached hydrogens (tertiary/aromatic N) is 3. The first-order valence-electron chi connectivity index (χ1n) is 4.18. The van der Waals surface area contributed by atoms with E-state index in [1.54, 1.807) is 0 Å². The summed E-state index contributed by atoms with van der Waals surface area (Å²) in [5.41, 5.74) is 11.8. The molecule has 2 rings (SSSR count). The highest BCUT2D eigenvalue weighted by Crippen LogP contribution is 2.17. The van der Waals surface area contributed by atoms with E-state index in [-0.39, 0.29) is 11.9 Å². The summed E-state index contributed by atoms with van der Waals surface area (Å²) < 4.78 is 1.14. The molecule has 0 spiro atoms. The van der Waals surface area contributed by atoms with E-state index < -0.39 is 0 Å². The third-order valence-corrected chi connectivity index (χ3v) is 2.49. The van der Waals surface area contributed by atoms with E-state index in [4.69, 9.17) is 11.5 Å². The van der Waals surface area contributed by atoms with Crippen LogP contribution in [-0.4, -0.2) is 15.0 Å². The standard InChI is InChI=1S/C9H8IN5/c10-6-3-1-5(2-4-6)7-13-8(11)15-9(12)14-7/h1-4H,(H4,11,12,13,14,15). The zero-order valence-corrected chi connectivity index (χ0v) is 9.84. The van der Waals surface area contributed by atoms with E-state index in [1.807, 2.05) is 24.3 Å². The Morgan fingerprint density at radius 2 is 1.40 bits per heavy atom. The van der Waals surface area contributed by atoms with Crippen molar-refractivity contribution in [3.05, 3.63) is 27.8 Å². The third kappa shape index (κ3) is 2.32. The fourth-order valence-corrected chi connectivity index (χ4v) is 1.50. The Labute approximate surface area is 100 Å². The number of rotatable bonds is 1. The van der Waals surface area contributed by atoms with Crippen LogP contribution in [0, 0.1) is 3.57 Å². The normalized spacial score (nSPS) is 10.2. The SMILES string of the molecule is Nc1nc(N)nc(-c2ccc(I)cc2)n1. The van der Waals surface area contributed by atoms with E-state index in [0.717, 1.165) is 9.13 Å². The van der Waals surface area contributed by atoms with Gasteiger partial charge in [-0.2, -0.15) is 15.0 Å². The number of nitrogen functional groups attached to an aromatic ring is 2. The molecular weight excluding hydrogens is 305 g/mol. The summed E-state index contributed by atoms with van der Waals surface area (Å²) in [5, 5.41) is 0. The summed E-state index contributed by atoms with van der Waals surface area (Å²) in [7, 11) is 0. The minimum atomic E-state index is 0.135. The van der Waals surface area contributed by atoms with Gasteiger partial charge >= 0.3 is 0 Å². The molecule has 4 N–H and O–H groups in total. The zero-order chi connectivity index (χ0) is 10.8. The molecule has 0 aliphatic rings. The molecule has 6 heteroatoms. The number of nitrogens with two attached hydrogens (primary N) is 2. The van der Waals surface area contributed by atoms with E-state index >= 15 is 0 Å². The Kier molecular flexibility index (Phi) is 2.67. The Morgan fingerprint density at radius 3 is 1.93 bits per heavy atom. The third-order valence-electron chi connectivity index (χ3n) is 1.77. The van der Waals surface area contributed by atoms with Crippen LogP contribution in [-0.2, 0) is 0 Å². The Morgan fingerprint density at radius 1 is 0.867 bits per heavy atom. The molecule has 0 amide bonds. The van der Waals surface area contributed by atoms with Gasteiger partial charge < -0.3 is 11.5 Å². The van der Waals surface area contributed by atoms with Crippen molar-refractivity contribution in [1.82, 2.24) is 15.0 Å². The smallest absolute Gasteiger partial charge is 0.225 e. The van der Waals surface area contributed by atoms with E-state index in [0.29, 0.717) is 5.82 Å². The number of benzene rings is 1. The second-order valence-electron chi connectivity index (χ2n) is 2.88. The molecule has 5 nitrogen and oxygen atoms in total. The summed E-state index contributed by atoms with van der Waals surface area (Å²) in [6, 6.07) is 7.75. The molecule has 1 aromatic heterocycles. The molecule has 76 valence electrons. The van der Waals surface area contributed by atoms with Gasteiger partial charge in [-0.05, 0) is 34.7 Å². The second-order valence-corrected chi connectivity index (χ2v) is 4.13. The van der Waals surface area contributed by atoms with Crippen molar-refractivity contribution >= 4 is 34.5 Å². The molecule has 0 aliphatic carbocycles. The molecule has 1 heterocycles. The number of hydrogen-bond donors (Lipinski definition) is 2. The van der Waals surface area contributed by atoms with Crippen LogP contribution in [0.1, 0.15) is 0 Å². The molecule has 0 saturated carbocycles. The first kappa shape index (κ1) is 10.1. The molecule has 0 bridgehead atoms. The van der Waals surface area contributed by atoms with Crippen molar-refractivity contribution in [1.29, 1.82) is 0 Å². The van der Waals surface area contributed by atoms with Crippen LogP contribution in [0.3, 0.4) is 0 Å². The van der Waals surface area contributed by atoms with Gasteiger partial charge in [-0.3, -0.25) is 0 Å². The quantitative estimate of drug-likeness (QED) is 0.775. The molecule has 0 atom stereocenters. The van der Waals surface area contributed by atoms with Gasteiger partial charge in [-0.15, -0.1) is 0 Å². The minimum absolute atomic E-state index is 0.135. The van der Waals surface area contributed by atoms with Crippen LogP contribution in [0.15, 0.2) is 24.3 Å². The van der Waals surface area contributed by atoms with E-state index in [2.05, 4.69) is 37.5 Å². The molecule has 0 saturated heterocycles. The molecule has 0 aliphatic heterocycles. The number of halogens is 1. The highest BCUT2D eigenvalue weighted by Gasteiger charge is 2.04. The molecule has 15 heavy (non-hydrogen) atoms. The molecule has 2 aromatic rings. The summed E-state index contributed by atoms with van der Waals surface area (Å²) in [4.78, 5) is 11.7. The zero-order valence-electron chi connectivity index (χ0n) is 7.68. The van der Waals surface area contributed by atoms with Gasteiger partial charge in [-0.25, -0.2) is 0 Å². The van der Waals surface area contributed by atoms with Gasteiger partial charge in [0.15, 0.2) is 5.82 Å². The molecule has 0 radical (unpaired) electrons. The average Bonchev–Trinajstić information content (AvgIpc) is 2.17. The fourth-order valence-electron chi connectivity index (χ4n) is 1.14. The molecule has 0 fully saturated rings. The maximum absolute atomic E-state index is 5.48. The van der Waals surface area contributed by atoms with Gasteiger partial charge in [0.1, 0.15) is 0 Å². The van der Waals surface area contributed by atoms with Crippen molar-refractivity contribution in [3.8, 4) is 11.4 Å². The summed E-state index contributed by atoms with van der Waals surface area (Å²) in [6.07, 6.45) is 0. The lowest BCUT2D eigenvalue weighted by molar-refractivity contribution is 1.09. The van der Waals surface area contributed by atoms with Crippen LogP contribution in [0.2, 0.25) is 0 Å². The topological polar surface area (TPSA) is 90.7 Å². The van der Waals surface area contributed by atoms with Crippen molar-refractivity contribution in [2.75, 3.05) is 11.5 Å². The Balaban J connectivity index is 2.49. The fraction of sp³-hybridized carbons (Fsp3) is 0. The lowest BCUT2D eigenvalue weighted by Crippen LogP contribution is -2.04. The first-order valence-corrected chi connectivity index (χ1v) is 5.26. The van der Waals surface area contributed by atoms with Crippen LogP contribution in [0.25, 0.3) is 11.4 Å². The highest BCUT2D eigenvalue weighted by atomic mass is 127. The van der Waals surface area contributed by atoms with Crippen LogP contribution in [0.5, 0.6) is 0 Å². The Hall–Kier alpha value is -1.44. The van der Waals surface area contributed by atoms with Gasteiger partial charge in [0.05, 0.1) is 0 Å². The number of anilines is 2. The highest BCUT2D eigenvalue weighted by molar-refractivity contribution is 14.1. The van der Waals surface area contributed by atoms with Gasteiger partial charge in [0, 0.05) is 9.13 Å². The van der Waals surface area contributed by atoms with Crippen molar-refractivity contribution in [2.24, 2.45) is 0 Å². The molecule has 0 unspecified atom stereocenters. The second kappa shape index (κ2) is 3.97. The predicted molar refractivity (Wildman–Crippen MR) is 66.8 cm³/mol. The van der Waals surface area contributed by atoms with Gasteiger partial charge in [0.25, 0.3) is 0 Å². The minimum Gasteiger partial charge on any atom is -0.368 e. The van der Waals surface area contributed by atoms with Crippen LogP contribution in [0.4, 0.5) is 11.9 Å². The predicted octanol–water partition coefficient (Wildman–Crippen LogP) is 1.31. The van der Waals surface area contributed by atoms with Crippen molar-refractivity contribution in [2.45, 2.75) is 0 Å². The maximum atomic E-state index is 5.48. The van der Waals surface area contributed by atoms with E-state index in [9.17, 15) is 0 Å². The van der Waals surface area contributed by atoms with Gasteiger partial charge in [0.2, 0.25) is 11.9 Å². The first-order chi connectivity index (χ1) is 7.15. The van der Waals surface area contributed by atoms with Gasteiger partial charge in [-0.1, -0.05) is 12.1 Å². The van der Waals surface area contributed by atoms with Crippen LogP contribution < -0.4 is 11.5 Å². The number of aromatic nitrogens is 3. The lowest BCUT2D eigenvalue weighted by atomic mass is 10.2. The number of hydrogen-bond acceptors (Lipinski definition) is 5. The largest absolute Gasteiger partial charge is 0.368 e. The molecular formula is C9H8IN5. The summed E-state index contributed by atoms with van der Waals surface area (Å²) in [6.45, 7) is 0. The Bertz CT molecular complexity index is 462. The maximum Gasteiger partial charge on any atom is 0.225 e. The van der Waals surface area contributed by atoms with E-state index in [1.165, 1.54) is 0 Å². The monoisotopic (exact) mass is 313 g/mol. The molecule has 1 aromatic carbocycles. The van der Waals surface area contributed by atoms with Crippen molar-refractivity contribution < 1.29 is 0 Å². The average molecular weight is 313 g/mol. The summed E-state index contributed by atoms with van der Waals surface area (Å²) in [5.74, 6) is 0.767. The summed E-state index contributed by atoms with van der Waals surface area (Å²) >= 11 is 2.23.